The highest BCUT2D eigenvalue weighted by molar-refractivity contribution is 9.09. The average Bonchev–Trinajstić information content (AvgIpc) is 2.88. The molecule has 3 aliphatic rings. The van der Waals surface area contributed by atoms with Gasteiger partial charge < -0.3 is 4.74 Å². The molecular formula is C14H24BrNO. The van der Waals surface area contributed by atoms with Crippen LogP contribution in [0.1, 0.15) is 51.4 Å². The quantitative estimate of drug-likeness (QED) is 0.739. The second-order valence-corrected chi connectivity index (χ2v) is 7.26. The van der Waals surface area contributed by atoms with Crippen molar-refractivity contribution in [2.45, 2.75) is 74.4 Å². The highest BCUT2D eigenvalue weighted by atomic mass is 79.9. The van der Waals surface area contributed by atoms with Gasteiger partial charge in [-0.2, -0.15) is 0 Å². The number of piperidine rings is 1. The lowest BCUT2D eigenvalue weighted by Gasteiger charge is -2.37. The van der Waals surface area contributed by atoms with Gasteiger partial charge in [0.25, 0.3) is 0 Å². The summed E-state index contributed by atoms with van der Waals surface area (Å²) in [5.41, 5.74) is 0. The third-order valence-corrected chi connectivity index (χ3v) is 5.54. The standard InChI is InChI=1S/C14H24BrNO/c15-11-9-12-5-6-13(10-11)16(12)7-1-3-14-4-2-8-17-14/h11-14H,1-10H2. The third kappa shape index (κ3) is 2.87. The van der Waals surface area contributed by atoms with Crippen LogP contribution in [0.5, 0.6) is 0 Å². The minimum Gasteiger partial charge on any atom is -0.378 e. The lowest BCUT2D eigenvalue weighted by molar-refractivity contribution is 0.0902. The van der Waals surface area contributed by atoms with E-state index in [1.54, 1.807) is 0 Å². The molecule has 0 aromatic rings. The minimum absolute atomic E-state index is 0.585. The summed E-state index contributed by atoms with van der Waals surface area (Å²) >= 11 is 3.81. The fourth-order valence-corrected chi connectivity index (χ4v) is 4.81. The van der Waals surface area contributed by atoms with E-state index in [9.17, 15) is 0 Å². The van der Waals surface area contributed by atoms with Crippen molar-refractivity contribution in [1.29, 1.82) is 0 Å². The highest BCUT2D eigenvalue weighted by Crippen LogP contribution is 2.38. The monoisotopic (exact) mass is 301 g/mol. The third-order valence-electron chi connectivity index (χ3n) is 4.79. The molecule has 0 aliphatic carbocycles. The molecule has 3 fully saturated rings. The van der Waals surface area contributed by atoms with Crippen LogP contribution in [0.2, 0.25) is 0 Å². The van der Waals surface area contributed by atoms with Gasteiger partial charge in [0.05, 0.1) is 6.10 Å². The van der Waals surface area contributed by atoms with Gasteiger partial charge in [0, 0.05) is 23.5 Å². The number of ether oxygens (including phenoxy) is 1. The summed E-state index contributed by atoms with van der Waals surface area (Å²) in [5.74, 6) is 0. The van der Waals surface area contributed by atoms with Crippen LogP contribution in [0.25, 0.3) is 0 Å². The van der Waals surface area contributed by atoms with E-state index in [0.29, 0.717) is 6.10 Å². The van der Waals surface area contributed by atoms with Gasteiger partial charge in [0.15, 0.2) is 0 Å². The van der Waals surface area contributed by atoms with E-state index >= 15 is 0 Å². The summed E-state index contributed by atoms with van der Waals surface area (Å²) in [7, 11) is 0. The van der Waals surface area contributed by atoms with Gasteiger partial charge in [-0.1, -0.05) is 15.9 Å². The molecule has 3 saturated heterocycles. The van der Waals surface area contributed by atoms with Crippen molar-refractivity contribution in [3.8, 4) is 0 Å². The minimum atomic E-state index is 0.585. The van der Waals surface area contributed by atoms with E-state index in [1.807, 2.05) is 0 Å². The van der Waals surface area contributed by atoms with Crippen molar-refractivity contribution < 1.29 is 4.74 Å². The second kappa shape index (κ2) is 5.58. The lowest BCUT2D eigenvalue weighted by atomic mass is 10.0. The van der Waals surface area contributed by atoms with Crippen LogP contribution in [-0.2, 0) is 4.74 Å². The summed E-state index contributed by atoms with van der Waals surface area (Å²) < 4.78 is 5.70. The maximum absolute atomic E-state index is 5.70. The van der Waals surface area contributed by atoms with Crippen LogP contribution in [0.4, 0.5) is 0 Å². The summed E-state index contributed by atoms with van der Waals surface area (Å²) in [6, 6.07) is 1.75. The number of nitrogens with zero attached hydrogens (tertiary/aromatic N) is 1. The predicted octanol–water partition coefficient (Wildman–Crippen LogP) is 3.34. The molecule has 3 unspecified atom stereocenters. The molecule has 0 N–H and O–H groups in total. The zero-order valence-electron chi connectivity index (χ0n) is 10.6. The normalized spacial score (nSPS) is 42.2. The largest absolute Gasteiger partial charge is 0.378 e. The molecule has 3 atom stereocenters. The van der Waals surface area contributed by atoms with E-state index in [4.69, 9.17) is 4.74 Å². The molecular weight excluding hydrogens is 278 g/mol. The van der Waals surface area contributed by atoms with Gasteiger partial charge >= 0.3 is 0 Å². The van der Waals surface area contributed by atoms with E-state index in [2.05, 4.69) is 20.8 Å². The number of hydrogen-bond acceptors (Lipinski definition) is 2. The first kappa shape index (κ1) is 12.4. The van der Waals surface area contributed by atoms with Gasteiger partial charge in [-0.3, -0.25) is 4.90 Å². The van der Waals surface area contributed by atoms with Gasteiger partial charge in [-0.25, -0.2) is 0 Å². The summed E-state index contributed by atoms with van der Waals surface area (Å²) in [4.78, 5) is 3.58. The molecule has 3 rings (SSSR count). The molecule has 0 radical (unpaired) electrons. The van der Waals surface area contributed by atoms with Crippen LogP contribution in [0.3, 0.4) is 0 Å². The van der Waals surface area contributed by atoms with Crippen LogP contribution < -0.4 is 0 Å². The summed E-state index contributed by atoms with van der Waals surface area (Å²) in [6.45, 7) is 2.32. The Hall–Kier alpha value is 0.400. The van der Waals surface area contributed by atoms with E-state index in [1.165, 1.54) is 57.9 Å². The van der Waals surface area contributed by atoms with Crippen LogP contribution in [0.15, 0.2) is 0 Å². The molecule has 0 saturated carbocycles. The van der Waals surface area contributed by atoms with Crippen LogP contribution in [-0.4, -0.2) is 41.1 Å². The molecule has 3 heterocycles. The Kier molecular flexibility index (Phi) is 4.08. The first-order valence-corrected chi connectivity index (χ1v) is 8.26. The number of halogens is 1. The molecule has 0 aromatic carbocycles. The number of hydrogen-bond donors (Lipinski definition) is 0. The smallest absolute Gasteiger partial charge is 0.0576 e. The molecule has 0 aromatic heterocycles. The molecule has 2 nitrogen and oxygen atoms in total. The summed E-state index contributed by atoms with van der Waals surface area (Å²) in [5, 5.41) is 0. The fraction of sp³-hybridized carbons (Fsp3) is 1.00. The number of alkyl halides is 1. The van der Waals surface area contributed by atoms with E-state index in [-0.39, 0.29) is 0 Å². The maximum atomic E-state index is 5.70. The second-order valence-electron chi connectivity index (χ2n) is 5.97. The zero-order chi connectivity index (χ0) is 11.7. The van der Waals surface area contributed by atoms with E-state index < -0.39 is 0 Å². The number of rotatable bonds is 4. The number of fused-ring (bicyclic) bond motifs is 2. The Morgan fingerprint density at radius 2 is 1.88 bits per heavy atom. The van der Waals surface area contributed by atoms with Crippen molar-refractivity contribution in [3.63, 3.8) is 0 Å². The molecule has 98 valence electrons. The van der Waals surface area contributed by atoms with Crippen molar-refractivity contribution in [2.24, 2.45) is 0 Å². The van der Waals surface area contributed by atoms with Gasteiger partial charge in [0.1, 0.15) is 0 Å². The molecule has 0 amide bonds. The molecule has 0 spiro atoms. The highest BCUT2D eigenvalue weighted by Gasteiger charge is 2.39. The van der Waals surface area contributed by atoms with Crippen molar-refractivity contribution in [2.75, 3.05) is 13.2 Å². The Morgan fingerprint density at radius 3 is 2.53 bits per heavy atom. The van der Waals surface area contributed by atoms with Crippen LogP contribution in [0, 0.1) is 0 Å². The Labute approximate surface area is 113 Å². The first-order valence-electron chi connectivity index (χ1n) is 7.34. The maximum Gasteiger partial charge on any atom is 0.0576 e. The Morgan fingerprint density at radius 1 is 1.12 bits per heavy atom. The molecule has 17 heavy (non-hydrogen) atoms. The molecule has 3 heteroatoms. The van der Waals surface area contributed by atoms with Gasteiger partial charge in [-0.05, 0) is 57.9 Å². The summed E-state index contributed by atoms with van der Waals surface area (Å²) in [6.07, 6.45) is 11.4. The SMILES string of the molecule is BrC1CC2CCC(C1)N2CCCC1CCCO1. The molecule has 2 bridgehead atoms. The molecule has 3 aliphatic heterocycles. The van der Waals surface area contributed by atoms with Crippen molar-refractivity contribution in [1.82, 2.24) is 4.90 Å². The Bertz CT molecular complexity index is 241. The van der Waals surface area contributed by atoms with Crippen molar-refractivity contribution in [3.05, 3.63) is 0 Å². The van der Waals surface area contributed by atoms with Gasteiger partial charge in [0.2, 0.25) is 0 Å². The first-order chi connectivity index (χ1) is 8.33. The average molecular weight is 302 g/mol. The topological polar surface area (TPSA) is 12.5 Å². The lowest BCUT2D eigenvalue weighted by Crippen LogP contribution is -2.43. The predicted molar refractivity (Wildman–Crippen MR) is 73.7 cm³/mol. The van der Waals surface area contributed by atoms with Crippen molar-refractivity contribution >= 4 is 15.9 Å². The van der Waals surface area contributed by atoms with E-state index in [0.717, 1.165) is 23.5 Å². The van der Waals surface area contributed by atoms with Crippen LogP contribution >= 0.6 is 15.9 Å². The Balaban J connectivity index is 1.43. The van der Waals surface area contributed by atoms with Gasteiger partial charge in [-0.15, -0.1) is 0 Å². The fourth-order valence-electron chi connectivity index (χ4n) is 3.95. The zero-order valence-corrected chi connectivity index (χ0v) is 12.2.